The van der Waals surface area contributed by atoms with Gasteiger partial charge in [0.2, 0.25) is 11.8 Å². The van der Waals surface area contributed by atoms with Crippen LogP contribution in [0.25, 0.3) is 0 Å². The van der Waals surface area contributed by atoms with Crippen molar-refractivity contribution in [3.05, 3.63) is 126 Å². The lowest BCUT2D eigenvalue weighted by atomic mass is 9.77. The van der Waals surface area contributed by atoms with Crippen molar-refractivity contribution in [2.45, 2.75) is 76.2 Å². The van der Waals surface area contributed by atoms with Gasteiger partial charge in [-0.2, -0.15) is 0 Å². The van der Waals surface area contributed by atoms with Crippen molar-refractivity contribution in [2.75, 3.05) is 0 Å². The summed E-state index contributed by atoms with van der Waals surface area (Å²) in [6.07, 6.45) is 3.31. The molecule has 0 bridgehead atoms. The third-order valence-electron chi connectivity index (χ3n) is 7.79. The molecule has 48 heavy (non-hydrogen) atoms. The number of esters is 1. The van der Waals surface area contributed by atoms with Crippen LogP contribution in [-0.4, -0.2) is 62.1 Å². The predicted molar refractivity (Wildman–Crippen MR) is 181 cm³/mol. The first-order valence-corrected chi connectivity index (χ1v) is 15.8. The Bertz CT molecular complexity index is 1590. The minimum atomic E-state index is -1.35. The highest BCUT2D eigenvalue weighted by molar-refractivity contribution is 5.91. The van der Waals surface area contributed by atoms with E-state index in [1.165, 1.54) is 6.92 Å². The van der Waals surface area contributed by atoms with Crippen molar-refractivity contribution in [3.8, 4) is 0 Å². The molecule has 3 aromatic carbocycles. The third-order valence-corrected chi connectivity index (χ3v) is 7.79. The number of amides is 2. The molecular formula is C37H43N5O6. The Hall–Kier alpha value is -5.29. The van der Waals surface area contributed by atoms with Crippen molar-refractivity contribution >= 4 is 23.8 Å². The van der Waals surface area contributed by atoms with E-state index in [1.54, 1.807) is 27.1 Å². The number of aromatic nitrogens is 2. The Labute approximate surface area is 280 Å². The van der Waals surface area contributed by atoms with Crippen LogP contribution in [0, 0.1) is 0 Å². The van der Waals surface area contributed by atoms with E-state index in [9.17, 15) is 24.3 Å². The third kappa shape index (κ3) is 8.74. The molecule has 0 fully saturated rings. The van der Waals surface area contributed by atoms with Crippen molar-refractivity contribution in [3.63, 3.8) is 0 Å². The number of carboxylic acids is 1. The molecule has 0 radical (unpaired) electrons. The van der Waals surface area contributed by atoms with Crippen molar-refractivity contribution < 1.29 is 29.0 Å². The standard InChI is InChI=1S/C37H43N5O6/c1-25(33(44)41-31(35(46)47)20-21-32(43)48-36(2,3)4)40-34(45)30(38)22-29-23-42(24-39-29)37(26-14-8-5-9-15-26,27-16-10-6-11-17-27)28-18-12-7-13-19-28/h5-19,23-25,30-31H,20-22,38H2,1-4H3,(H,40,45)(H,41,44)(H,46,47)/t25-,30-,31-/m0/s1. The number of benzene rings is 3. The highest BCUT2D eigenvalue weighted by Crippen LogP contribution is 2.40. The maximum Gasteiger partial charge on any atom is 0.326 e. The first kappa shape index (κ1) is 35.6. The van der Waals surface area contributed by atoms with Gasteiger partial charge in [0.05, 0.1) is 18.1 Å². The Morgan fingerprint density at radius 1 is 0.833 bits per heavy atom. The number of imidazole rings is 1. The molecule has 0 aliphatic heterocycles. The van der Waals surface area contributed by atoms with Crippen molar-refractivity contribution in [1.82, 2.24) is 20.2 Å². The summed E-state index contributed by atoms with van der Waals surface area (Å²) in [6.45, 7) is 6.54. The number of hydrogen-bond acceptors (Lipinski definition) is 7. The van der Waals surface area contributed by atoms with Crippen LogP contribution in [0.2, 0.25) is 0 Å². The first-order chi connectivity index (χ1) is 22.8. The van der Waals surface area contributed by atoms with Gasteiger partial charge in [0.25, 0.3) is 0 Å². The smallest absolute Gasteiger partial charge is 0.326 e. The van der Waals surface area contributed by atoms with Gasteiger partial charge < -0.3 is 30.8 Å². The van der Waals surface area contributed by atoms with Crippen LogP contribution in [0.15, 0.2) is 104 Å². The molecule has 3 atom stereocenters. The number of nitrogens with one attached hydrogen (secondary N) is 2. The van der Waals surface area contributed by atoms with Gasteiger partial charge in [-0.25, -0.2) is 9.78 Å². The number of aliphatic carboxylic acids is 1. The molecule has 4 aromatic rings. The summed E-state index contributed by atoms with van der Waals surface area (Å²) < 4.78 is 7.23. The van der Waals surface area contributed by atoms with Crippen LogP contribution >= 0.6 is 0 Å². The molecule has 0 saturated carbocycles. The Morgan fingerprint density at radius 3 is 1.79 bits per heavy atom. The number of carbonyl (C=O) groups excluding carboxylic acids is 3. The highest BCUT2D eigenvalue weighted by Gasteiger charge is 2.38. The fraction of sp³-hybridized carbons (Fsp3) is 0.324. The molecule has 252 valence electrons. The SMILES string of the molecule is C[C@H](NC(=O)[C@@H](N)Cc1cn(C(c2ccccc2)(c2ccccc2)c2ccccc2)cn1)C(=O)N[C@@H](CCC(=O)OC(C)(C)C)C(=O)O. The number of carbonyl (C=O) groups is 4. The number of nitrogens with two attached hydrogens (primary N) is 1. The molecule has 1 aromatic heterocycles. The summed E-state index contributed by atoms with van der Waals surface area (Å²) in [7, 11) is 0. The van der Waals surface area contributed by atoms with Gasteiger partial charge in [0, 0.05) is 19.0 Å². The second-order valence-electron chi connectivity index (χ2n) is 12.6. The second kappa shape index (κ2) is 15.5. The van der Waals surface area contributed by atoms with Gasteiger partial charge in [-0.15, -0.1) is 0 Å². The number of ether oxygens (including phenoxy) is 1. The summed E-state index contributed by atoms with van der Waals surface area (Å²) in [6, 6.07) is 26.8. The average molecular weight is 654 g/mol. The van der Waals surface area contributed by atoms with E-state index < -0.39 is 53.0 Å². The van der Waals surface area contributed by atoms with Gasteiger partial charge in [-0.3, -0.25) is 14.4 Å². The van der Waals surface area contributed by atoms with E-state index in [1.807, 2.05) is 65.4 Å². The Morgan fingerprint density at radius 2 is 1.33 bits per heavy atom. The number of hydrogen-bond donors (Lipinski definition) is 4. The van der Waals surface area contributed by atoms with E-state index in [4.69, 9.17) is 10.5 Å². The zero-order valence-corrected chi connectivity index (χ0v) is 27.6. The molecule has 11 nitrogen and oxygen atoms in total. The minimum absolute atomic E-state index is 0.0786. The van der Waals surface area contributed by atoms with Gasteiger partial charge >= 0.3 is 11.9 Å². The van der Waals surface area contributed by atoms with E-state index in [-0.39, 0.29) is 19.3 Å². The average Bonchev–Trinajstić information content (AvgIpc) is 3.52. The largest absolute Gasteiger partial charge is 0.480 e. The van der Waals surface area contributed by atoms with Crippen molar-refractivity contribution in [1.29, 1.82) is 0 Å². The zero-order chi connectivity index (χ0) is 34.9. The van der Waals surface area contributed by atoms with E-state index in [2.05, 4.69) is 52.0 Å². The second-order valence-corrected chi connectivity index (χ2v) is 12.6. The van der Waals surface area contributed by atoms with Crippen LogP contribution in [0.3, 0.4) is 0 Å². The maximum absolute atomic E-state index is 13.1. The molecule has 0 saturated heterocycles. The molecule has 0 aliphatic rings. The highest BCUT2D eigenvalue weighted by atomic mass is 16.6. The molecule has 0 aliphatic carbocycles. The lowest BCUT2D eigenvalue weighted by molar-refractivity contribution is -0.155. The molecule has 4 rings (SSSR count). The summed E-state index contributed by atoms with van der Waals surface area (Å²) in [4.78, 5) is 54.3. The molecule has 2 amide bonds. The van der Waals surface area contributed by atoms with Crippen LogP contribution < -0.4 is 16.4 Å². The number of nitrogens with zero attached hydrogens (tertiary/aromatic N) is 2. The minimum Gasteiger partial charge on any atom is -0.480 e. The normalized spacial score (nSPS) is 13.5. The van der Waals surface area contributed by atoms with Crippen LogP contribution in [0.4, 0.5) is 0 Å². The fourth-order valence-corrected chi connectivity index (χ4v) is 5.55. The lowest BCUT2D eigenvalue weighted by Gasteiger charge is -2.37. The topological polar surface area (TPSA) is 166 Å². The molecule has 0 spiro atoms. The maximum atomic E-state index is 13.1. The molecule has 5 N–H and O–H groups in total. The quantitative estimate of drug-likeness (QED) is 0.118. The molecule has 11 heteroatoms. The van der Waals surface area contributed by atoms with Crippen molar-refractivity contribution in [2.24, 2.45) is 5.73 Å². The number of carboxylic acid groups (broad SMARTS) is 1. The van der Waals surface area contributed by atoms with Gasteiger partial charge in [0.15, 0.2) is 0 Å². The van der Waals surface area contributed by atoms with Gasteiger partial charge in [-0.1, -0.05) is 91.0 Å². The van der Waals surface area contributed by atoms with Crippen LogP contribution in [-0.2, 0) is 35.9 Å². The zero-order valence-electron chi connectivity index (χ0n) is 27.6. The summed E-state index contributed by atoms with van der Waals surface area (Å²) >= 11 is 0. The van der Waals surface area contributed by atoms with E-state index in [0.717, 1.165) is 16.7 Å². The van der Waals surface area contributed by atoms with Gasteiger partial charge in [0.1, 0.15) is 23.2 Å². The van der Waals surface area contributed by atoms with Crippen LogP contribution in [0.5, 0.6) is 0 Å². The first-order valence-electron chi connectivity index (χ1n) is 15.8. The van der Waals surface area contributed by atoms with Crippen LogP contribution in [0.1, 0.15) is 62.9 Å². The Balaban J connectivity index is 1.48. The fourth-order valence-electron chi connectivity index (χ4n) is 5.55. The molecule has 0 unspecified atom stereocenters. The summed E-state index contributed by atoms with van der Waals surface area (Å²) in [5, 5.41) is 14.5. The lowest BCUT2D eigenvalue weighted by Crippen LogP contribution is -2.53. The summed E-state index contributed by atoms with van der Waals surface area (Å²) in [5.41, 5.74) is 8.40. The van der Waals surface area contributed by atoms with E-state index >= 15 is 0 Å². The molecule has 1 heterocycles. The summed E-state index contributed by atoms with van der Waals surface area (Å²) in [5.74, 6) is -3.22. The van der Waals surface area contributed by atoms with E-state index in [0.29, 0.717) is 5.69 Å². The monoisotopic (exact) mass is 653 g/mol. The van der Waals surface area contributed by atoms with Gasteiger partial charge in [-0.05, 0) is 50.8 Å². The molecular weight excluding hydrogens is 610 g/mol. The number of rotatable bonds is 14. The predicted octanol–water partition coefficient (Wildman–Crippen LogP) is 3.79. The Kier molecular flexibility index (Phi) is 11.5.